The topological polar surface area (TPSA) is 84.5 Å². The molecule has 2 rings (SSSR count). The van der Waals surface area contributed by atoms with E-state index >= 15 is 0 Å². The van der Waals surface area contributed by atoms with Crippen molar-refractivity contribution in [1.82, 2.24) is 10.9 Å². The van der Waals surface area contributed by atoms with E-state index < -0.39 is 36.1 Å². The number of nitrogens with one attached hydrogen (secondary N) is 2. The molecular formula is C19H15F3N2O4. The highest BCUT2D eigenvalue weighted by Gasteiger charge is 2.30. The lowest BCUT2D eigenvalue weighted by Gasteiger charge is -2.07. The van der Waals surface area contributed by atoms with Crippen LogP contribution in [0.25, 0.3) is 6.08 Å². The van der Waals surface area contributed by atoms with Gasteiger partial charge in [0.15, 0.2) is 6.61 Å². The first-order valence-electron chi connectivity index (χ1n) is 7.92. The molecule has 2 aromatic carbocycles. The van der Waals surface area contributed by atoms with Crippen LogP contribution in [0.4, 0.5) is 13.2 Å². The fourth-order valence-electron chi connectivity index (χ4n) is 1.99. The normalized spacial score (nSPS) is 11.1. The average Bonchev–Trinajstić information content (AvgIpc) is 2.69. The molecule has 6 nitrogen and oxygen atoms in total. The molecule has 0 saturated carbocycles. The van der Waals surface area contributed by atoms with Crippen LogP contribution in [-0.4, -0.2) is 24.4 Å². The minimum atomic E-state index is -4.49. The molecule has 0 atom stereocenters. The van der Waals surface area contributed by atoms with Crippen LogP contribution >= 0.6 is 0 Å². The highest BCUT2D eigenvalue weighted by molar-refractivity contribution is 5.95. The van der Waals surface area contributed by atoms with E-state index in [1.54, 1.807) is 30.3 Å². The minimum absolute atomic E-state index is 0.145. The lowest BCUT2D eigenvalue weighted by molar-refractivity contribution is -0.144. The van der Waals surface area contributed by atoms with Gasteiger partial charge in [-0.05, 0) is 35.9 Å². The molecule has 2 N–H and O–H groups in total. The maximum Gasteiger partial charge on any atom is 0.416 e. The van der Waals surface area contributed by atoms with Gasteiger partial charge in [-0.2, -0.15) is 13.2 Å². The van der Waals surface area contributed by atoms with Crippen LogP contribution in [-0.2, 0) is 20.5 Å². The smallest absolute Gasteiger partial charge is 0.416 e. The molecule has 0 fully saturated rings. The third-order valence-corrected chi connectivity index (χ3v) is 3.32. The van der Waals surface area contributed by atoms with Gasteiger partial charge in [-0.3, -0.25) is 20.4 Å². The monoisotopic (exact) mass is 392 g/mol. The van der Waals surface area contributed by atoms with Gasteiger partial charge >= 0.3 is 12.1 Å². The number of benzene rings is 2. The summed E-state index contributed by atoms with van der Waals surface area (Å²) >= 11 is 0. The quantitative estimate of drug-likeness (QED) is 0.466. The number of hydrazine groups is 1. The summed E-state index contributed by atoms with van der Waals surface area (Å²) in [5.74, 6) is -2.27. The number of amides is 2. The maximum atomic E-state index is 12.6. The second-order valence-corrected chi connectivity index (χ2v) is 5.43. The molecule has 0 heterocycles. The number of halogens is 3. The van der Waals surface area contributed by atoms with E-state index in [1.165, 1.54) is 12.1 Å². The van der Waals surface area contributed by atoms with E-state index in [1.807, 2.05) is 0 Å². The lowest BCUT2D eigenvalue weighted by Crippen LogP contribution is -2.43. The molecule has 9 heteroatoms. The fraction of sp³-hybridized carbons (Fsp3) is 0.105. The van der Waals surface area contributed by atoms with Crippen LogP contribution in [0.1, 0.15) is 21.5 Å². The van der Waals surface area contributed by atoms with Crippen molar-refractivity contribution >= 4 is 23.9 Å². The van der Waals surface area contributed by atoms with Gasteiger partial charge in [0, 0.05) is 11.6 Å². The van der Waals surface area contributed by atoms with E-state index in [0.29, 0.717) is 5.56 Å². The van der Waals surface area contributed by atoms with Crippen LogP contribution in [0.15, 0.2) is 60.7 Å². The maximum absolute atomic E-state index is 12.6. The molecule has 0 aromatic heterocycles. The van der Waals surface area contributed by atoms with E-state index in [4.69, 9.17) is 0 Å². The number of hydrogen-bond acceptors (Lipinski definition) is 4. The second-order valence-electron chi connectivity index (χ2n) is 5.43. The van der Waals surface area contributed by atoms with Gasteiger partial charge in [-0.1, -0.05) is 30.3 Å². The fourth-order valence-corrected chi connectivity index (χ4v) is 1.99. The van der Waals surface area contributed by atoms with E-state index in [0.717, 1.165) is 24.3 Å². The molecule has 0 saturated heterocycles. The first-order chi connectivity index (χ1) is 13.3. The molecule has 28 heavy (non-hydrogen) atoms. The van der Waals surface area contributed by atoms with E-state index in [2.05, 4.69) is 15.6 Å². The van der Waals surface area contributed by atoms with Gasteiger partial charge in [0.2, 0.25) is 0 Å². The Bertz CT molecular complexity index is 880. The Morgan fingerprint density at radius 2 is 1.68 bits per heavy atom. The van der Waals surface area contributed by atoms with Gasteiger partial charge in [0.05, 0.1) is 5.56 Å². The highest BCUT2D eigenvalue weighted by Crippen LogP contribution is 2.29. The third-order valence-electron chi connectivity index (χ3n) is 3.32. The van der Waals surface area contributed by atoms with Crippen molar-refractivity contribution < 1.29 is 32.3 Å². The summed E-state index contributed by atoms with van der Waals surface area (Å²) in [5.41, 5.74) is 3.83. The average molecular weight is 392 g/mol. The number of rotatable bonds is 5. The molecule has 0 spiro atoms. The summed E-state index contributed by atoms with van der Waals surface area (Å²) in [5, 5.41) is 0. The molecule has 0 aliphatic carbocycles. The number of carbonyl (C=O) groups excluding carboxylic acids is 3. The first-order valence-corrected chi connectivity index (χ1v) is 7.92. The van der Waals surface area contributed by atoms with Crippen molar-refractivity contribution in [3.05, 3.63) is 77.4 Å². The zero-order chi connectivity index (χ0) is 20.6. The Balaban J connectivity index is 1.78. The summed E-state index contributed by atoms with van der Waals surface area (Å²) in [6, 6.07) is 12.5. The number of esters is 1. The van der Waals surface area contributed by atoms with Crippen LogP contribution in [0, 0.1) is 0 Å². The van der Waals surface area contributed by atoms with Crippen molar-refractivity contribution in [2.75, 3.05) is 6.61 Å². The van der Waals surface area contributed by atoms with Gasteiger partial charge in [0.1, 0.15) is 0 Å². The van der Waals surface area contributed by atoms with Crippen molar-refractivity contribution in [2.45, 2.75) is 6.18 Å². The van der Waals surface area contributed by atoms with Crippen LogP contribution in [0.2, 0.25) is 0 Å². The Kier molecular flexibility index (Phi) is 6.91. The summed E-state index contributed by atoms with van der Waals surface area (Å²) in [4.78, 5) is 34.8. The van der Waals surface area contributed by atoms with Crippen LogP contribution in [0.5, 0.6) is 0 Å². The van der Waals surface area contributed by atoms with Crippen molar-refractivity contribution in [3.8, 4) is 0 Å². The van der Waals surface area contributed by atoms with Crippen LogP contribution in [0.3, 0.4) is 0 Å². The highest BCUT2D eigenvalue weighted by atomic mass is 19.4. The molecule has 0 bridgehead atoms. The number of carbonyl (C=O) groups is 3. The standard InChI is InChI=1S/C19H15F3N2O4/c20-19(21,22)15-8-4-5-13(11-15)9-10-17(26)28-12-16(25)23-24-18(27)14-6-2-1-3-7-14/h1-11H,12H2,(H,23,25)(H,24,27)/b10-9+. The largest absolute Gasteiger partial charge is 0.452 e. The number of ether oxygens (including phenoxy) is 1. The molecule has 0 aliphatic rings. The molecule has 0 radical (unpaired) electrons. The first kappa shape index (κ1) is 20.7. The Morgan fingerprint density at radius 3 is 2.36 bits per heavy atom. The van der Waals surface area contributed by atoms with Gasteiger partial charge in [-0.25, -0.2) is 4.79 Å². The number of hydrogen-bond donors (Lipinski definition) is 2. The summed E-state index contributed by atoms with van der Waals surface area (Å²) in [7, 11) is 0. The van der Waals surface area contributed by atoms with Crippen molar-refractivity contribution in [1.29, 1.82) is 0 Å². The van der Waals surface area contributed by atoms with Crippen molar-refractivity contribution in [2.24, 2.45) is 0 Å². The molecule has 0 aliphatic heterocycles. The summed E-state index contributed by atoms with van der Waals surface area (Å²) < 4.78 is 42.5. The third kappa shape index (κ3) is 6.60. The van der Waals surface area contributed by atoms with Gasteiger partial charge < -0.3 is 4.74 Å². The van der Waals surface area contributed by atoms with Gasteiger partial charge in [-0.15, -0.1) is 0 Å². The predicted octanol–water partition coefficient (Wildman–Crippen LogP) is 2.72. The Labute approximate surface area is 158 Å². The van der Waals surface area contributed by atoms with E-state index in [9.17, 15) is 27.6 Å². The second kappa shape index (κ2) is 9.36. The molecule has 2 aromatic rings. The summed E-state index contributed by atoms with van der Waals surface area (Å²) in [6.07, 6.45) is -2.47. The van der Waals surface area contributed by atoms with Gasteiger partial charge in [0.25, 0.3) is 11.8 Å². The minimum Gasteiger partial charge on any atom is -0.452 e. The SMILES string of the molecule is O=C(COC(=O)/C=C/c1cccc(C(F)(F)F)c1)NNC(=O)c1ccccc1. The lowest BCUT2D eigenvalue weighted by atomic mass is 10.1. The van der Waals surface area contributed by atoms with Crippen molar-refractivity contribution in [3.63, 3.8) is 0 Å². The summed E-state index contributed by atoms with van der Waals surface area (Å²) in [6.45, 7) is -0.680. The molecule has 2 amide bonds. The Morgan fingerprint density at radius 1 is 0.964 bits per heavy atom. The molecular weight excluding hydrogens is 377 g/mol. The number of alkyl halides is 3. The molecule has 0 unspecified atom stereocenters. The van der Waals surface area contributed by atoms with E-state index in [-0.39, 0.29) is 5.56 Å². The zero-order valence-electron chi connectivity index (χ0n) is 14.3. The van der Waals surface area contributed by atoms with Crippen LogP contribution < -0.4 is 10.9 Å². The Hall–Kier alpha value is -3.62. The zero-order valence-corrected chi connectivity index (χ0v) is 14.3. The molecule has 146 valence electrons. The predicted molar refractivity (Wildman–Crippen MR) is 93.5 cm³/mol.